The van der Waals surface area contributed by atoms with E-state index in [1.165, 1.54) is 18.2 Å². The van der Waals surface area contributed by atoms with Gasteiger partial charge < -0.3 is 10.5 Å². The first-order valence-electron chi connectivity index (χ1n) is 5.41. The number of nitrogens with two attached hydrogens (primary N) is 1. The monoisotopic (exact) mass is 266 g/mol. The van der Waals surface area contributed by atoms with Crippen molar-refractivity contribution >= 4 is 11.6 Å². The van der Waals surface area contributed by atoms with Gasteiger partial charge in [-0.15, -0.1) is 0 Å². The van der Waals surface area contributed by atoms with Gasteiger partial charge in [0.2, 0.25) is 5.88 Å². The van der Waals surface area contributed by atoms with Crippen molar-refractivity contribution in [3.8, 4) is 11.6 Å². The minimum absolute atomic E-state index is 0.00535. The van der Waals surface area contributed by atoms with Crippen LogP contribution in [0.4, 0.5) is 4.39 Å². The average Bonchev–Trinajstić information content (AvgIpc) is 2.34. The van der Waals surface area contributed by atoms with E-state index in [-0.39, 0.29) is 11.1 Å². The van der Waals surface area contributed by atoms with Crippen LogP contribution < -0.4 is 10.5 Å². The second-order valence-electron chi connectivity index (χ2n) is 3.86. The summed E-state index contributed by atoms with van der Waals surface area (Å²) in [6, 6.07) is 7.54. The van der Waals surface area contributed by atoms with Gasteiger partial charge >= 0.3 is 0 Å². The highest BCUT2D eigenvalue weighted by Gasteiger charge is 2.10. The molecule has 0 unspecified atom stereocenters. The van der Waals surface area contributed by atoms with Gasteiger partial charge in [-0.2, -0.15) is 0 Å². The van der Waals surface area contributed by atoms with E-state index in [2.05, 4.69) is 4.98 Å². The third-order valence-corrected chi connectivity index (χ3v) is 2.69. The number of nitrogens with zero attached hydrogens (tertiary/aromatic N) is 1. The molecular weight excluding hydrogens is 255 g/mol. The van der Waals surface area contributed by atoms with Crippen molar-refractivity contribution in [2.75, 3.05) is 0 Å². The number of hydrogen-bond donors (Lipinski definition) is 1. The van der Waals surface area contributed by atoms with E-state index in [9.17, 15) is 4.39 Å². The molecule has 0 spiro atoms. The quantitative estimate of drug-likeness (QED) is 0.922. The summed E-state index contributed by atoms with van der Waals surface area (Å²) in [6.07, 6.45) is 1.60. The average molecular weight is 267 g/mol. The lowest BCUT2D eigenvalue weighted by molar-refractivity contribution is 0.450. The molecule has 0 amide bonds. The molecule has 1 atom stereocenters. The predicted octanol–water partition coefficient (Wildman–Crippen LogP) is 3.69. The van der Waals surface area contributed by atoms with Gasteiger partial charge in [-0.05, 0) is 25.1 Å². The molecule has 2 N–H and O–H groups in total. The van der Waals surface area contributed by atoms with Crippen molar-refractivity contribution < 1.29 is 9.13 Å². The van der Waals surface area contributed by atoms with Crippen molar-refractivity contribution in [1.82, 2.24) is 4.98 Å². The van der Waals surface area contributed by atoms with E-state index in [1.807, 2.05) is 13.0 Å². The van der Waals surface area contributed by atoms with Gasteiger partial charge in [-0.1, -0.05) is 17.7 Å². The van der Waals surface area contributed by atoms with Gasteiger partial charge in [-0.25, -0.2) is 9.37 Å². The fourth-order valence-electron chi connectivity index (χ4n) is 1.49. The van der Waals surface area contributed by atoms with Crippen LogP contribution in [-0.2, 0) is 0 Å². The summed E-state index contributed by atoms with van der Waals surface area (Å²) < 4.78 is 18.6. The van der Waals surface area contributed by atoms with E-state index < -0.39 is 5.82 Å². The maximum Gasteiger partial charge on any atom is 0.223 e. The fraction of sp³-hybridized carbons (Fsp3) is 0.154. The van der Waals surface area contributed by atoms with Crippen LogP contribution in [-0.4, -0.2) is 4.98 Å². The van der Waals surface area contributed by atoms with Crippen molar-refractivity contribution in [1.29, 1.82) is 0 Å². The number of ether oxygens (including phenoxy) is 1. The molecular formula is C13H12ClFN2O. The number of pyridine rings is 1. The SMILES string of the molecule is C[C@@H](N)c1cccnc1Oc1ccc(F)c(Cl)c1. The highest BCUT2D eigenvalue weighted by atomic mass is 35.5. The molecule has 0 radical (unpaired) electrons. The fourth-order valence-corrected chi connectivity index (χ4v) is 1.66. The molecule has 0 aliphatic carbocycles. The Balaban J connectivity index is 2.31. The number of benzene rings is 1. The van der Waals surface area contributed by atoms with Crippen molar-refractivity contribution in [2.45, 2.75) is 13.0 Å². The largest absolute Gasteiger partial charge is 0.439 e. The zero-order valence-corrected chi connectivity index (χ0v) is 10.5. The Morgan fingerprint density at radius 3 is 2.83 bits per heavy atom. The topological polar surface area (TPSA) is 48.1 Å². The van der Waals surface area contributed by atoms with Crippen LogP contribution in [0.3, 0.4) is 0 Å². The van der Waals surface area contributed by atoms with E-state index >= 15 is 0 Å². The summed E-state index contributed by atoms with van der Waals surface area (Å²) in [5.41, 5.74) is 6.59. The molecule has 0 aliphatic rings. The highest BCUT2D eigenvalue weighted by Crippen LogP contribution is 2.28. The smallest absolute Gasteiger partial charge is 0.223 e. The molecule has 94 valence electrons. The zero-order chi connectivity index (χ0) is 13.1. The van der Waals surface area contributed by atoms with Crippen molar-refractivity contribution in [3.05, 3.63) is 52.9 Å². The van der Waals surface area contributed by atoms with Gasteiger partial charge in [0.15, 0.2) is 0 Å². The Labute approximate surface area is 109 Å². The molecule has 1 heterocycles. The van der Waals surface area contributed by atoms with E-state index in [0.29, 0.717) is 11.6 Å². The standard InChI is InChI=1S/C13H12ClFN2O/c1-8(16)10-3-2-6-17-13(10)18-9-4-5-12(15)11(14)7-9/h2-8H,16H2,1H3/t8-/m1/s1. The van der Waals surface area contributed by atoms with Gasteiger partial charge in [0.05, 0.1) is 5.02 Å². The van der Waals surface area contributed by atoms with Crippen LogP contribution in [0.15, 0.2) is 36.5 Å². The third-order valence-electron chi connectivity index (χ3n) is 2.40. The molecule has 0 saturated heterocycles. The Morgan fingerprint density at radius 2 is 2.17 bits per heavy atom. The second kappa shape index (κ2) is 5.33. The molecule has 3 nitrogen and oxygen atoms in total. The first-order chi connectivity index (χ1) is 8.58. The van der Waals surface area contributed by atoms with E-state index in [0.717, 1.165) is 5.56 Å². The van der Waals surface area contributed by atoms with Gasteiger partial charge in [0, 0.05) is 23.9 Å². The van der Waals surface area contributed by atoms with Crippen LogP contribution >= 0.6 is 11.6 Å². The molecule has 0 aliphatic heterocycles. The minimum atomic E-state index is -0.488. The second-order valence-corrected chi connectivity index (χ2v) is 4.27. The summed E-state index contributed by atoms with van der Waals surface area (Å²) in [6.45, 7) is 1.83. The molecule has 18 heavy (non-hydrogen) atoms. The van der Waals surface area contributed by atoms with Crippen LogP contribution in [0.1, 0.15) is 18.5 Å². The van der Waals surface area contributed by atoms with Gasteiger partial charge in [0.25, 0.3) is 0 Å². The van der Waals surface area contributed by atoms with E-state index in [1.54, 1.807) is 12.3 Å². The zero-order valence-electron chi connectivity index (χ0n) is 9.73. The maximum absolute atomic E-state index is 13.0. The maximum atomic E-state index is 13.0. The highest BCUT2D eigenvalue weighted by molar-refractivity contribution is 6.30. The molecule has 1 aromatic carbocycles. The van der Waals surface area contributed by atoms with Gasteiger partial charge in [0.1, 0.15) is 11.6 Å². The van der Waals surface area contributed by atoms with Crippen LogP contribution in [0.25, 0.3) is 0 Å². The predicted molar refractivity (Wildman–Crippen MR) is 68.3 cm³/mol. The Bertz CT molecular complexity index is 560. The summed E-state index contributed by atoms with van der Waals surface area (Å²) in [7, 11) is 0. The number of hydrogen-bond acceptors (Lipinski definition) is 3. The van der Waals surface area contributed by atoms with Crippen LogP contribution in [0.5, 0.6) is 11.6 Å². The van der Waals surface area contributed by atoms with Crippen molar-refractivity contribution in [3.63, 3.8) is 0 Å². The molecule has 5 heteroatoms. The van der Waals surface area contributed by atoms with Gasteiger partial charge in [-0.3, -0.25) is 0 Å². The molecule has 0 bridgehead atoms. The Morgan fingerprint density at radius 1 is 1.39 bits per heavy atom. The Hall–Kier alpha value is -1.65. The minimum Gasteiger partial charge on any atom is -0.439 e. The summed E-state index contributed by atoms with van der Waals surface area (Å²) in [4.78, 5) is 4.11. The molecule has 0 fully saturated rings. The van der Waals surface area contributed by atoms with E-state index in [4.69, 9.17) is 22.1 Å². The lowest BCUT2D eigenvalue weighted by atomic mass is 10.1. The number of rotatable bonds is 3. The summed E-state index contributed by atoms with van der Waals surface area (Å²) in [5, 5.41) is 0.00535. The summed E-state index contributed by atoms with van der Waals surface area (Å²) >= 11 is 5.68. The first-order valence-corrected chi connectivity index (χ1v) is 5.79. The molecule has 1 aromatic heterocycles. The summed E-state index contributed by atoms with van der Waals surface area (Å²) in [5.74, 6) is 0.328. The molecule has 2 rings (SSSR count). The number of aromatic nitrogens is 1. The first kappa shape index (κ1) is 12.8. The molecule has 2 aromatic rings. The van der Waals surface area contributed by atoms with Crippen LogP contribution in [0.2, 0.25) is 5.02 Å². The molecule has 0 saturated carbocycles. The lowest BCUT2D eigenvalue weighted by Crippen LogP contribution is -2.07. The number of halogens is 2. The van der Waals surface area contributed by atoms with Crippen LogP contribution in [0, 0.1) is 5.82 Å². The third kappa shape index (κ3) is 2.78. The normalized spacial score (nSPS) is 12.2. The van der Waals surface area contributed by atoms with Crippen molar-refractivity contribution in [2.24, 2.45) is 5.73 Å². The lowest BCUT2D eigenvalue weighted by Gasteiger charge is -2.12. The Kier molecular flexibility index (Phi) is 3.79.